The predicted molar refractivity (Wildman–Crippen MR) is 98.1 cm³/mol. The van der Waals surface area contributed by atoms with Crippen LogP contribution in [0, 0.1) is 6.92 Å². The summed E-state index contributed by atoms with van der Waals surface area (Å²) in [4.78, 5) is 12.6. The highest BCUT2D eigenvalue weighted by atomic mass is 32.2. The quantitative estimate of drug-likeness (QED) is 0.738. The largest absolute Gasteiger partial charge is 0.416 e. The summed E-state index contributed by atoms with van der Waals surface area (Å²) in [6.45, 7) is 3.27. The number of ketones is 1. The number of hydrogen-bond donors (Lipinski definition) is 0. The predicted octanol–water partition coefficient (Wildman–Crippen LogP) is 3.98. The Morgan fingerprint density at radius 3 is 2.22 bits per heavy atom. The molecule has 0 heterocycles. The van der Waals surface area contributed by atoms with Gasteiger partial charge >= 0.3 is 6.18 Å². The zero-order chi connectivity index (χ0) is 20.4. The number of carbonyl (C=O) groups excluding carboxylic acids is 1. The van der Waals surface area contributed by atoms with Crippen molar-refractivity contribution in [2.45, 2.75) is 32.5 Å². The summed E-state index contributed by atoms with van der Waals surface area (Å²) in [5.74, 6) is -0.500. The number of hydrogen-bond acceptors (Lipinski definition) is 3. The molecular weight excluding hydrogens is 379 g/mol. The Hall–Kier alpha value is -2.35. The number of anilines is 1. The Morgan fingerprint density at radius 1 is 1.11 bits per heavy atom. The molecular formula is C19H20F3NO3S. The third kappa shape index (κ3) is 5.32. The van der Waals surface area contributed by atoms with Crippen molar-refractivity contribution in [1.29, 1.82) is 0 Å². The van der Waals surface area contributed by atoms with Crippen molar-refractivity contribution >= 4 is 21.5 Å². The van der Waals surface area contributed by atoms with Gasteiger partial charge in [0.1, 0.15) is 6.04 Å². The van der Waals surface area contributed by atoms with Crippen LogP contribution in [0.15, 0.2) is 48.5 Å². The van der Waals surface area contributed by atoms with Gasteiger partial charge < -0.3 is 0 Å². The van der Waals surface area contributed by atoms with Gasteiger partial charge in [-0.25, -0.2) is 8.42 Å². The normalized spacial score (nSPS) is 13.3. The maximum absolute atomic E-state index is 12.8. The molecule has 2 aromatic carbocycles. The maximum atomic E-state index is 12.8. The van der Waals surface area contributed by atoms with E-state index in [0.29, 0.717) is 5.69 Å². The van der Waals surface area contributed by atoms with E-state index in [1.807, 2.05) is 6.92 Å². The van der Waals surface area contributed by atoms with E-state index in [-0.39, 0.29) is 12.0 Å². The van der Waals surface area contributed by atoms with Crippen molar-refractivity contribution in [3.8, 4) is 0 Å². The van der Waals surface area contributed by atoms with Crippen LogP contribution in [0.1, 0.15) is 23.6 Å². The van der Waals surface area contributed by atoms with E-state index < -0.39 is 33.6 Å². The van der Waals surface area contributed by atoms with E-state index in [2.05, 4.69) is 0 Å². The number of sulfonamides is 1. The Kier molecular flexibility index (Phi) is 5.99. The SMILES string of the molecule is Cc1ccc(N(C(C)C(=O)Cc2cccc(C(F)(F)F)c2)S(C)(=O)=O)cc1. The Morgan fingerprint density at radius 2 is 1.70 bits per heavy atom. The molecule has 0 spiro atoms. The maximum Gasteiger partial charge on any atom is 0.416 e. The van der Waals surface area contributed by atoms with Crippen LogP contribution in [0.25, 0.3) is 0 Å². The number of halogens is 3. The van der Waals surface area contributed by atoms with E-state index in [1.165, 1.54) is 19.1 Å². The average Bonchev–Trinajstić information content (AvgIpc) is 2.55. The van der Waals surface area contributed by atoms with Gasteiger partial charge in [0.25, 0.3) is 0 Å². The second-order valence-electron chi connectivity index (χ2n) is 6.41. The zero-order valence-electron chi connectivity index (χ0n) is 15.1. The smallest absolute Gasteiger partial charge is 0.297 e. The Balaban J connectivity index is 2.29. The van der Waals surface area contributed by atoms with Gasteiger partial charge in [0, 0.05) is 6.42 Å². The molecule has 0 saturated carbocycles. The molecule has 0 fully saturated rings. The van der Waals surface area contributed by atoms with E-state index in [4.69, 9.17) is 0 Å². The van der Waals surface area contributed by atoms with Crippen LogP contribution in [0.4, 0.5) is 18.9 Å². The van der Waals surface area contributed by atoms with Gasteiger partial charge in [-0.05, 0) is 37.6 Å². The first kappa shape index (κ1) is 21.0. The fourth-order valence-corrected chi connectivity index (χ4v) is 3.93. The lowest BCUT2D eigenvalue weighted by Gasteiger charge is -2.28. The molecule has 0 aromatic heterocycles. The highest BCUT2D eigenvalue weighted by Crippen LogP contribution is 2.30. The van der Waals surface area contributed by atoms with Crippen molar-refractivity contribution in [3.05, 3.63) is 65.2 Å². The summed E-state index contributed by atoms with van der Waals surface area (Å²) in [5.41, 5.74) is 0.584. The summed E-state index contributed by atoms with van der Waals surface area (Å²) in [6.07, 6.45) is -3.82. The summed E-state index contributed by atoms with van der Waals surface area (Å²) in [6, 6.07) is 10.0. The van der Waals surface area contributed by atoms with Crippen molar-refractivity contribution in [2.75, 3.05) is 10.6 Å². The van der Waals surface area contributed by atoms with Crippen LogP contribution in [0.2, 0.25) is 0 Å². The average molecular weight is 399 g/mol. The van der Waals surface area contributed by atoms with E-state index in [1.54, 1.807) is 24.3 Å². The molecule has 1 unspecified atom stereocenters. The number of nitrogens with zero attached hydrogens (tertiary/aromatic N) is 1. The molecule has 0 saturated heterocycles. The molecule has 0 radical (unpaired) electrons. The summed E-state index contributed by atoms with van der Waals surface area (Å²) in [7, 11) is -3.77. The van der Waals surface area contributed by atoms with Crippen LogP contribution in [0.3, 0.4) is 0 Å². The molecule has 2 rings (SSSR count). The number of aryl methyl sites for hydroxylation is 1. The molecule has 27 heavy (non-hydrogen) atoms. The minimum atomic E-state index is -4.51. The fraction of sp³-hybridized carbons (Fsp3) is 0.316. The van der Waals surface area contributed by atoms with Gasteiger partial charge in [0.2, 0.25) is 10.0 Å². The minimum Gasteiger partial charge on any atom is -0.297 e. The number of rotatable bonds is 6. The summed E-state index contributed by atoms with van der Waals surface area (Å²) in [5, 5.41) is 0. The Bertz CT molecular complexity index is 922. The van der Waals surface area contributed by atoms with Gasteiger partial charge in [-0.3, -0.25) is 9.10 Å². The second-order valence-corrected chi connectivity index (χ2v) is 8.27. The van der Waals surface area contributed by atoms with E-state index >= 15 is 0 Å². The summed E-state index contributed by atoms with van der Waals surface area (Å²) >= 11 is 0. The Labute approximate surface area is 156 Å². The number of alkyl halides is 3. The van der Waals surface area contributed by atoms with Gasteiger partial charge in [-0.15, -0.1) is 0 Å². The molecule has 0 amide bonds. The van der Waals surface area contributed by atoms with Gasteiger partial charge in [0.05, 0.1) is 17.5 Å². The van der Waals surface area contributed by atoms with Crippen LogP contribution in [-0.2, 0) is 27.4 Å². The van der Waals surface area contributed by atoms with Crippen LogP contribution < -0.4 is 4.31 Å². The van der Waals surface area contributed by atoms with Crippen molar-refractivity contribution < 1.29 is 26.4 Å². The van der Waals surface area contributed by atoms with Gasteiger partial charge in [-0.2, -0.15) is 13.2 Å². The van der Waals surface area contributed by atoms with Gasteiger partial charge in [0.15, 0.2) is 5.78 Å². The number of carbonyl (C=O) groups is 1. The number of benzene rings is 2. The second kappa shape index (κ2) is 7.72. The molecule has 146 valence electrons. The van der Waals surface area contributed by atoms with E-state index in [0.717, 1.165) is 28.3 Å². The molecule has 0 aliphatic rings. The van der Waals surface area contributed by atoms with Crippen LogP contribution >= 0.6 is 0 Å². The first-order valence-corrected chi connectivity index (χ1v) is 9.99. The highest BCUT2D eigenvalue weighted by Gasteiger charge is 2.32. The summed E-state index contributed by atoms with van der Waals surface area (Å²) < 4.78 is 63.9. The lowest BCUT2D eigenvalue weighted by molar-refractivity contribution is -0.137. The molecule has 4 nitrogen and oxygen atoms in total. The highest BCUT2D eigenvalue weighted by molar-refractivity contribution is 7.92. The van der Waals surface area contributed by atoms with Gasteiger partial charge in [-0.1, -0.05) is 35.9 Å². The third-order valence-electron chi connectivity index (χ3n) is 4.10. The lowest BCUT2D eigenvalue weighted by Crippen LogP contribution is -2.43. The molecule has 0 bridgehead atoms. The van der Waals surface area contributed by atoms with Crippen molar-refractivity contribution in [3.63, 3.8) is 0 Å². The van der Waals surface area contributed by atoms with E-state index in [9.17, 15) is 26.4 Å². The first-order valence-electron chi connectivity index (χ1n) is 8.14. The minimum absolute atomic E-state index is 0.180. The topological polar surface area (TPSA) is 54.5 Å². The molecule has 0 aliphatic carbocycles. The molecule has 0 N–H and O–H groups in total. The molecule has 2 aromatic rings. The molecule has 8 heteroatoms. The molecule has 1 atom stereocenters. The van der Waals surface area contributed by atoms with Crippen LogP contribution in [-0.4, -0.2) is 26.5 Å². The lowest BCUT2D eigenvalue weighted by atomic mass is 10.0. The number of Topliss-reactive ketones (excluding diaryl/α,β-unsaturated/α-hetero) is 1. The van der Waals surface area contributed by atoms with Crippen LogP contribution in [0.5, 0.6) is 0 Å². The fourth-order valence-electron chi connectivity index (χ4n) is 2.73. The first-order chi connectivity index (χ1) is 12.4. The van der Waals surface area contributed by atoms with Crippen molar-refractivity contribution in [2.24, 2.45) is 0 Å². The zero-order valence-corrected chi connectivity index (χ0v) is 15.9. The molecule has 0 aliphatic heterocycles. The monoisotopic (exact) mass is 399 g/mol. The standard InChI is InChI=1S/C19H20F3NO3S/c1-13-7-9-17(10-8-13)23(27(3,25)26)14(2)18(24)12-15-5-4-6-16(11-15)19(20,21)22/h4-11,14H,12H2,1-3H3. The van der Waals surface area contributed by atoms with Crippen molar-refractivity contribution in [1.82, 2.24) is 0 Å². The third-order valence-corrected chi connectivity index (χ3v) is 5.34.